The highest BCUT2D eigenvalue weighted by molar-refractivity contribution is 5.12. The van der Waals surface area contributed by atoms with E-state index in [4.69, 9.17) is 0 Å². The molecule has 1 N–H and O–H groups in total. The van der Waals surface area contributed by atoms with E-state index in [0.29, 0.717) is 6.04 Å². The highest BCUT2D eigenvalue weighted by atomic mass is 14.9. The molecule has 2 nitrogen and oxygen atoms in total. The van der Waals surface area contributed by atoms with Crippen molar-refractivity contribution in [2.24, 2.45) is 0 Å². The Morgan fingerprint density at radius 3 is 3.17 bits per heavy atom. The Hall–Kier alpha value is -1.15. The Morgan fingerprint density at radius 2 is 2.58 bits per heavy atom. The van der Waals surface area contributed by atoms with Gasteiger partial charge in [0.25, 0.3) is 0 Å². The molecule has 0 bridgehead atoms. The monoisotopic (exact) mass is 162 g/mol. The molecule has 1 rings (SSSR count). The zero-order valence-corrected chi connectivity index (χ0v) is 7.33. The molecule has 1 aromatic rings. The van der Waals surface area contributed by atoms with Gasteiger partial charge >= 0.3 is 0 Å². The van der Waals surface area contributed by atoms with Crippen LogP contribution in [-0.2, 0) is 0 Å². The molecule has 2 heteroatoms. The lowest BCUT2D eigenvalue weighted by atomic mass is 10.1. The second-order valence-electron chi connectivity index (χ2n) is 2.70. The number of rotatable bonds is 4. The number of nitrogens with one attached hydrogen (secondary N) is 1. The average molecular weight is 162 g/mol. The smallest absolute Gasteiger partial charge is 0.0315 e. The third kappa shape index (κ3) is 2.47. The molecule has 0 fully saturated rings. The van der Waals surface area contributed by atoms with Crippen molar-refractivity contribution in [1.29, 1.82) is 0 Å². The van der Waals surface area contributed by atoms with Gasteiger partial charge in [0.05, 0.1) is 0 Å². The summed E-state index contributed by atoms with van der Waals surface area (Å²) in [7, 11) is 0. The minimum absolute atomic E-state index is 0.344. The average Bonchev–Trinajstić information content (AvgIpc) is 2.15. The molecule has 0 radical (unpaired) electrons. The SMILES string of the molecule is C=CCN[C@H](C)c1cccnc1. The fraction of sp³-hybridized carbons (Fsp3) is 0.300. The predicted molar refractivity (Wildman–Crippen MR) is 50.9 cm³/mol. The van der Waals surface area contributed by atoms with Crippen LogP contribution in [0.4, 0.5) is 0 Å². The summed E-state index contributed by atoms with van der Waals surface area (Å²) in [4.78, 5) is 4.05. The zero-order chi connectivity index (χ0) is 8.81. The van der Waals surface area contributed by atoms with E-state index in [1.165, 1.54) is 5.56 Å². The highest BCUT2D eigenvalue weighted by Gasteiger charge is 2.01. The Labute approximate surface area is 73.3 Å². The van der Waals surface area contributed by atoms with Gasteiger partial charge < -0.3 is 5.32 Å². The summed E-state index contributed by atoms with van der Waals surface area (Å²) in [5, 5.41) is 3.29. The maximum Gasteiger partial charge on any atom is 0.0315 e. The summed E-state index contributed by atoms with van der Waals surface area (Å²) < 4.78 is 0. The van der Waals surface area contributed by atoms with Crippen molar-refractivity contribution in [2.45, 2.75) is 13.0 Å². The minimum Gasteiger partial charge on any atom is -0.307 e. The second kappa shape index (κ2) is 4.67. The molecule has 64 valence electrons. The van der Waals surface area contributed by atoms with E-state index in [1.54, 1.807) is 6.20 Å². The quantitative estimate of drug-likeness (QED) is 0.684. The number of hydrogen-bond donors (Lipinski definition) is 1. The Balaban J connectivity index is 2.53. The molecule has 1 heterocycles. The molecule has 0 aliphatic rings. The van der Waals surface area contributed by atoms with Gasteiger partial charge in [0.1, 0.15) is 0 Å². The summed E-state index contributed by atoms with van der Waals surface area (Å²) in [6.45, 7) is 6.59. The largest absolute Gasteiger partial charge is 0.307 e. The Kier molecular flexibility index (Phi) is 3.48. The van der Waals surface area contributed by atoms with Crippen molar-refractivity contribution >= 4 is 0 Å². The first-order valence-corrected chi connectivity index (χ1v) is 4.09. The van der Waals surface area contributed by atoms with E-state index in [1.807, 2.05) is 18.3 Å². The third-order valence-corrected chi connectivity index (χ3v) is 1.75. The minimum atomic E-state index is 0.344. The van der Waals surface area contributed by atoms with E-state index >= 15 is 0 Å². The number of pyridine rings is 1. The van der Waals surface area contributed by atoms with Crippen LogP contribution in [0.5, 0.6) is 0 Å². The van der Waals surface area contributed by atoms with Crippen LogP contribution in [0.2, 0.25) is 0 Å². The van der Waals surface area contributed by atoms with Crippen LogP contribution in [0.3, 0.4) is 0 Å². The van der Waals surface area contributed by atoms with E-state index in [9.17, 15) is 0 Å². The van der Waals surface area contributed by atoms with Gasteiger partial charge in [-0.05, 0) is 18.6 Å². The molecule has 0 aromatic carbocycles. The third-order valence-electron chi connectivity index (χ3n) is 1.75. The molecule has 0 aliphatic carbocycles. The van der Waals surface area contributed by atoms with Crippen LogP contribution in [0.25, 0.3) is 0 Å². The second-order valence-corrected chi connectivity index (χ2v) is 2.70. The summed E-state index contributed by atoms with van der Waals surface area (Å²) in [5.74, 6) is 0. The topological polar surface area (TPSA) is 24.9 Å². The summed E-state index contributed by atoms with van der Waals surface area (Å²) in [6, 6.07) is 4.35. The zero-order valence-electron chi connectivity index (χ0n) is 7.33. The van der Waals surface area contributed by atoms with E-state index in [2.05, 4.69) is 29.9 Å². The molecule has 0 unspecified atom stereocenters. The van der Waals surface area contributed by atoms with Crippen LogP contribution >= 0.6 is 0 Å². The van der Waals surface area contributed by atoms with E-state index in [-0.39, 0.29) is 0 Å². The molecule has 0 saturated heterocycles. The first-order chi connectivity index (χ1) is 5.84. The van der Waals surface area contributed by atoms with Crippen LogP contribution in [-0.4, -0.2) is 11.5 Å². The van der Waals surface area contributed by atoms with E-state index in [0.717, 1.165) is 6.54 Å². The first kappa shape index (κ1) is 8.94. The molecule has 0 spiro atoms. The molecule has 1 atom stereocenters. The molecular formula is C10H14N2. The Morgan fingerprint density at radius 1 is 1.75 bits per heavy atom. The lowest BCUT2D eigenvalue weighted by Gasteiger charge is -2.11. The lowest BCUT2D eigenvalue weighted by molar-refractivity contribution is 0.615. The van der Waals surface area contributed by atoms with Gasteiger partial charge in [-0.2, -0.15) is 0 Å². The number of nitrogens with zero attached hydrogens (tertiary/aromatic N) is 1. The van der Waals surface area contributed by atoms with Crippen LogP contribution < -0.4 is 5.32 Å². The summed E-state index contributed by atoms with van der Waals surface area (Å²) in [5.41, 5.74) is 1.21. The summed E-state index contributed by atoms with van der Waals surface area (Å²) in [6.07, 6.45) is 5.51. The summed E-state index contributed by atoms with van der Waals surface area (Å²) >= 11 is 0. The van der Waals surface area contributed by atoms with Gasteiger partial charge in [0.15, 0.2) is 0 Å². The van der Waals surface area contributed by atoms with Crippen molar-refractivity contribution in [3.63, 3.8) is 0 Å². The normalized spacial score (nSPS) is 12.4. The lowest BCUT2D eigenvalue weighted by Crippen LogP contribution is -2.18. The van der Waals surface area contributed by atoms with Gasteiger partial charge in [-0.3, -0.25) is 4.98 Å². The van der Waals surface area contributed by atoms with Gasteiger partial charge in [-0.25, -0.2) is 0 Å². The first-order valence-electron chi connectivity index (χ1n) is 4.09. The van der Waals surface area contributed by atoms with Gasteiger partial charge in [0, 0.05) is 25.0 Å². The fourth-order valence-corrected chi connectivity index (χ4v) is 1.01. The maximum absolute atomic E-state index is 4.05. The molecule has 1 aromatic heterocycles. The van der Waals surface area contributed by atoms with Gasteiger partial charge in [-0.1, -0.05) is 12.1 Å². The maximum atomic E-state index is 4.05. The fourth-order valence-electron chi connectivity index (χ4n) is 1.01. The van der Waals surface area contributed by atoms with Crippen molar-refractivity contribution in [3.05, 3.63) is 42.7 Å². The van der Waals surface area contributed by atoms with Crippen molar-refractivity contribution in [2.75, 3.05) is 6.54 Å². The molecule has 0 aliphatic heterocycles. The van der Waals surface area contributed by atoms with Gasteiger partial charge in [0.2, 0.25) is 0 Å². The molecule has 0 saturated carbocycles. The predicted octanol–water partition coefficient (Wildman–Crippen LogP) is 1.92. The van der Waals surface area contributed by atoms with Gasteiger partial charge in [-0.15, -0.1) is 6.58 Å². The van der Waals surface area contributed by atoms with Crippen LogP contribution in [0.1, 0.15) is 18.5 Å². The highest BCUT2D eigenvalue weighted by Crippen LogP contribution is 2.08. The van der Waals surface area contributed by atoms with Crippen molar-refractivity contribution < 1.29 is 0 Å². The molecule has 0 amide bonds. The Bertz CT molecular complexity index is 231. The molecular weight excluding hydrogens is 148 g/mol. The van der Waals surface area contributed by atoms with Crippen LogP contribution in [0.15, 0.2) is 37.2 Å². The van der Waals surface area contributed by atoms with Crippen molar-refractivity contribution in [1.82, 2.24) is 10.3 Å². The standard InChI is InChI=1S/C10H14N2/c1-3-6-12-9(2)10-5-4-7-11-8-10/h3-5,7-9,12H,1,6H2,2H3/t9-/m1/s1. The molecule has 12 heavy (non-hydrogen) atoms. The number of aromatic nitrogens is 1. The number of hydrogen-bond acceptors (Lipinski definition) is 2. The van der Waals surface area contributed by atoms with E-state index < -0.39 is 0 Å². The van der Waals surface area contributed by atoms with Crippen LogP contribution in [0, 0.1) is 0 Å². The van der Waals surface area contributed by atoms with Crippen molar-refractivity contribution in [3.8, 4) is 0 Å².